The molecule has 0 aliphatic heterocycles. The number of hydrogen-bond donors (Lipinski definition) is 1. The van der Waals surface area contributed by atoms with E-state index in [0.29, 0.717) is 17.2 Å². The van der Waals surface area contributed by atoms with Crippen molar-refractivity contribution in [1.29, 1.82) is 0 Å². The highest BCUT2D eigenvalue weighted by molar-refractivity contribution is 6.05. The average molecular weight is 427 g/mol. The fourth-order valence-corrected chi connectivity index (χ4v) is 3.34. The molecule has 0 bridgehead atoms. The molecule has 0 aliphatic rings. The second-order valence-corrected chi connectivity index (χ2v) is 6.98. The summed E-state index contributed by atoms with van der Waals surface area (Å²) in [6.07, 6.45) is 1.42. The summed E-state index contributed by atoms with van der Waals surface area (Å²) in [5, 5.41) is 4.52. The van der Waals surface area contributed by atoms with Crippen LogP contribution < -0.4 is 14.8 Å². The van der Waals surface area contributed by atoms with Gasteiger partial charge in [-0.2, -0.15) is 0 Å². The lowest BCUT2D eigenvalue weighted by Gasteiger charge is -2.09. The number of para-hydroxylation sites is 1. The maximum atomic E-state index is 12.3. The van der Waals surface area contributed by atoms with Crippen molar-refractivity contribution in [3.8, 4) is 11.5 Å². The van der Waals surface area contributed by atoms with Crippen molar-refractivity contribution in [2.75, 3.05) is 11.9 Å². The van der Waals surface area contributed by atoms with Gasteiger partial charge < -0.3 is 23.6 Å². The zero-order valence-corrected chi connectivity index (χ0v) is 16.7. The number of amides is 1. The van der Waals surface area contributed by atoms with Crippen molar-refractivity contribution in [1.82, 2.24) is 0 Å². The molecule has 5 aromatic rings. The van der Waals surface area contributed by atoms with E-state index in [-0.39, 0.29) is 18.3 Å². The third-order valence-corrected chi connectivity index (χ3v) is 4.77. The number of fused-ring (bicyclic) bond motifs is 3. The summed E-state index contributed by atoms with van der Waals surface area (Å²) in [5.41, 5.74) is 2.00. The van der Waals surface area contributed by atoms with E-state index in [1.807, 2.05) is 24.3 Å². The molecule has 1 N–H and O–H groups in total. The summed E-state index contributed by atoms with van der Waals surface area (Å²) in [7, 11) is 0. The number of ether oxygens (including phenoxy) is 2. The third-order valence-electron chi connectivity index (χ3n) is 4.77. The van der Waals surface area contributed by atoms with Crippen LogP contribution >= 0.6 is 0 Å². The van der Waals surface area contributed by atoms with Crippen molar-refractivity contribution in [2.24, 2.45) is 0 Å². The molecule has 0 atom stereocenters. The normalized spacial score (nSPS) is 10.9. The first kappa shape index (κ1) is 19.4. The van der Waals surface area contributed by atoms with Crippen LogP contribution in [0.3, 0.4) is 0 Å². The van der Waals surface area contributed by atoms with Crippen molar-refractivity contribution in [2.45, 2.75) is 0 Å². The Kier molecular flexibility index (Phi) is 5.05. The van der Waals surface area contributed by atoms with E-state index in [2.05, 4.69) is 5.32 Å². The molecular weight excluding hydrogens is 410 g/mol. The number of nitrogens with one attached hydrogen (secondary N) is 1. The maximum Gasteiger partial charge on any atom is 0.349 e. The van der Waals surface area contributed by atoms with Crippen molar-refractivity contribution >= 4 is 39.5 Å². The third kappa shape index (κ3) is 4.04. The highest BCUT2D eigenvalue weighted by atomic mass is 16.6. The molecule has 0 aliphatic carbocycles. The number of rotatable bonds is 6. The highest BCUT2D eigenvalue weighted by Gasteiger charge is 2.12. The summed E-state index contributed by atoms with van der Waals surface area (Å²) < 4.78 is 21.8. The lowest BCUT2D eigenvalue weighted by molar-refractivity contribution is -0.136. The Morgan fingerprint density at radius 3 is 2.56 bits per heavy atom. The molecule has 0 saturated carbocycles. The predicted molar refractivity (Wildman–Crippen MR) is 118 cm³/mol. The number of benzene rings is 3. The average Bonchev–Trinajstić information content (AvgIpc) is 3.46. The minimum Gasteiger partial charge on any atom is -0.482 e. The minimum absolute atomic E-state index is 0.197. The highest BCUT2D eigenvalue weighted by Crippen LogP contribution is 2.31. The Labute approximate surface area is 182 Å². The van der Waals surface area contributed by atoms with E-state index >= 15 is 0 Å². The molecule has 158 valence electrons. The van der Waals surface area contributed by atoms with Gasteiger partial charge in [-0.15, -0.1) is 0 Å². The van der Waals surface area contributed by atoms with Crippen LogP contribution in [0, 0.1) is 0 Å². The quantitative estimate of drug-likeness (QED) is 0.288. The Bertz CT molecular complexity index is 1420. The Morgan fingerprint density at radius 1 is 0.812 bits per heavy atom. The lowest BCUT2D eigenvalue weighted by Crippen LogP contribution is -2.17. The van der Waals surface area contributed by atoms with Gasteiger partial charge in [0, 0.05) is 22.5 Å². The summed E-state index contributed by atoms with van der Waals surface area (Å²) in [4.78, 5) is 24.4. The smallest absolute Gasteiger partial charge is 0.349 e. The van der Waals surface area contributed by atoms with Crippen LogP contribution in [-0.4, -0.2) is 18.5 Å². The number of anilines is 1. The van der Waals surface area contributed by atoms with E-state index < -0.39 is 5.97 Å². The van der Waals surface area contributed by atoms with Gasteiger partial charge in [-0.25, -0.2) is 4.79 Å². The molecule has 0 spiro atoms. The zero-order chi connectivity index (χ0) is 21.9. The van der Waals surface area contributed by atoms with E-state index in [1.54, 1.807) is 54.6 Å². The van der Waals surface area contributed by atoms with Crippen molar-refractivity contribution < 1.29 is 27.9 Å². The Hall–Kier alpha value is -4.52. The Morgan fingerprint density at radius 2 is 1.69 bits per heavy atom. The molecular formula is C25H17NO6. The molecule has 5 rings (SSSR count). The van der Waals surface area contributed by atoms with Crippen LogP contribution in [0.5, 0.6) is 11.5 Å². The van der Waals surface area contributed by atoms with Crippen LogP contribution in [0.15, 0.2) is 94.0 Å². The second kappa shape index (κ2) is 8.31. The molecule has 7 nitrogen and oxygen atoms in total. The van der Waals surface area contributed by atoms with Crippen molar-refractivity contribution in [3.05, 3.63) is 90.9 Å². The SMILES string of the molecule is O=C(COc1cccc(NC(=O)c2ccco2)c1)Oc1ccc2oc3ccccc3c2c1. The minimum atomic E-state index is -0.554. The summed E-state index contributed by atoms with van der Waals surface area (Å²) >= 11 is 0. The van der Waals surface area contributed by atoms with Gasteiger partial charge in [-0.3, -0.25) is 4.79 Å². The topological polar surface area (TPSA) is 90.9 Å². The molecule has 2 aromatic heterocycles. The van der Waals surface area contributed by atoms with Crippen LogP contribution in [0.2, 0.25) is 0 Å². The largest absolute Gasteiger partial charge is 0.482 e. The van der Waals surface area contributed by atoms with E-state index in [9.17, 15) is 9.59 Å². The molecule has 1 amide bonds. The summed E-state index contributed by atoms with van der Waals surface area (Å²) in [5.74, 6) is 0.0748. The number of carbonyl (C=O) groups is 2. The van der Waals surface area contributed by atoms with Crippen LogP contribution in [0.4, 0.5) is 5.69 Å². The zero-order valence-electron chi connectivity index (χ0n) is 16.7. The van der Waals surface area contributed by atoms with E-state index in [0.717, 1.165) is 21.9 Å². The maximum absolute atomic E-state index is 12.3. The fourth-order valence-electron chi connectivity index (χ4n) is 3.34. The molecule has 0 saturated heterocycles. The van der Waals surface area contributed by atoms with Gasteiger partial charge in [0.25, 0.3) is 5.91 Å². The number of esters is 1. The second-order valence-electron chi connectivity index (χ2n) is 6.98. The summed E-state index contributed by atoms with van der Waals surface area (Å²) in [6.45, 7) is -0.292. The molecule has 2 heterocycles. The molecule has 3 aromatic carbocycles. The van der Waals surface area contributed by atoms with Gasteiger partial charge in [0.15, 0.2) is 12.4 Å². The first-order chi connectivity index (χ1) is 15.7. The number of furan rings is 2. The fraction of sp³-hybridized carbons (Fsp3) is 0.0400. The standard InChI is InChI=1S/C25H17NO6/c27-24(31-18-10-11-22-20(14-18)19-7-1-2-8-21(19)32-22)15-30-17-6-3-5-16(13-17)26-25(28)23-9-4-12-29-23/h1-14H,15H2,(H,26,28). The van der Waals surface area contributed by atoms with Gasteiger partial charge in [0.05, 0.1) is 6.26 Å². The predicted octanol–water partition coefficient (Wildman–Crippen LogP) is 5.42. The van der Waals surface area contributed by atoms with Crippen LogP contribution in [0.1, 0.15) is 10.6 Å². The van der Waals surface area contributed by atoms with Gasteiger partial charge in [-0.05, 0) is 48.5 Å². The summed E-state index contributed by atoms with van der Waals surface area (Å²) in [6, 6.07) is 22.8. The van der Waals surface area contributed by atoms with Crippen LogP contribution in [0.25, 0.3) is 21.9 Å². The molecule has 32 heavy (non-hydrogen) atoms. The number of carbonyl (C=O) groups excluding carboxylic acids is 2. The Balaban J connectivity index is 1.22. The van der Waals surface area contributed by atoms with Gasteiger partial charge in [0.1, 0.15) is 22.7 Å². The first-order valence-corrected chi connectivity index (χ1v) is 9.85. The van der Waals surface area contributed by atoms with E-state index in [4.69, 9.17) is 18.3 Å². The van der Waals surface area contributed by atoms with E-state index in [1.165, 1.54) is 6.26 Å². The lowest BCUT2D eigenvalue weighted by atomic mass is 10.1. The molecule has 0 radical (unpaired) electrons. The van der Waals surface area contributed by atoms with Crippen molar-refractivity contribution in [3.63, 3.8) is 0 Å². The van der Waals surface area contributed by atoms with Gasteiger partial charge >= 0.3 is 5.97 Å². The van der Waals surface area contributed by atoms with Gasteiger partial charge in [-0.1, -0.05) is 24.3 Å². The molecule has 7 heteroatoms. The molecule has 0 unspecified atom stereocenters. The number of hydrogen-bond acceptors (Lipinski definition) is 6. The van der Waals surface area contributed by atoms with Gasteiger partial charge in [0.2, 0.25) is 0 Å². The van der Waals surface area contributed by atoms with Crippen LogP contribution in [-0.2, 0) is 4.79 Å². The molecule has 0 fully saturated rings. The monoisotopic (exact) mass is 427 g/mol. The first-order valence-electron chi connectivity index (χ1n) is 9.85.